The molecular formula is C9H7BrN2O2. The highest BCUT2D eigenvalue weighted by molar-refractivity contribution is 9.08. The third-order valence-corrected chi connectivity index (χ3v) is 2.50. The maximum absolute atomic E-state index is 10.8. The first-order valence-electron chi connectivity index (χ1n) is 4.00. The number of hydrogen-bond donors (Lipinski definition) is 1. The Labute approximate surface area is 88.3 Å². The minimum Gasteiger partial charge on any atom is -0.463 e. The summed E-state index contributed by atoms with van der Waals surface area (Å²) in [5.41, 5.74) is 1.36. The van der Waals surface area contributed by atoms with E-state index in [4.69, 9.17) is 5.11 Å². The third-order valence-electron chi connectivity index (χ3n) is 1.97. The molecule has 0 amide bonds. The molecule has 0 aliphatic carbocycles. The van der Waals surface area contributed by atoms with E-state index in [-0.39, 0.29) is 0 Å². The van der Waals surface area contributed by atoms with Crippen LogP contribution < -0.4 is 0 Å². The lowest BCUT2D eigenvalue weighted by molar-refractivity contribution is 0.194. The van der Waals surface area contributed by atoms with Crippen molar-refractivity contribution in [2.75, 3.05) is 0 Å². The summed E-state index contributed by atoms with van der Waals surface area (Å²) >= 11 is 3.27. The monoisotopic (exact) mass is 254 g/mol. The number of carboxylic acid groups (broad SMARTS) is 1. The van der Waals surface area contributed by atoms with Crippen molar-refractivity contribution < 1.29 is 9.90 Å². The van der Waals surface area contributed by atoms with Gasteiger partial charge < -0.3 is 5.11 Å². The van der Waals surface area contributed by atoms with Gasteiger partial charge in [0.05, 0.1) is 11.2 Å². The molecule has 5 heteroatoms. The van der Waals surface area contributed by atoms with Crippen LogP contribution >= 0.6 is 15.9 Å². The van der Waals surface area contributed by atoms with Crippen molar-refractivity contribution in [3.63, 3.8) is 0 Å². The number of alkyl halides is 1. The molecule has 4 nitrogen and oxygen atoms in total. The molecule has 2 rings (SSSR count). The van der Waals surface area contributed by atoms with Gasteiger partial charge in [0, 0.05) is 10.7 Å². The second-order valence-corrected chi connectivity index (χ2v) is 3.35. The predicted octanol–water partition coefficient (Wildman–Crippen LogP) is 2.46. The number of carbonyl (C=O) groups is 1. The van der Waals surface area contributed by atoms with Gasteiger partial charge in [0.15, 0.2) is 0 Å². The van der Waals surface area contributed by atoms with E-state index in [9.17, 15) is 4.79 Å². The van der Waals surface area contributed by atoms with Crippen molar-refractivity contribution in [3.8, 4) is 0 Å². The standard InChI is InChI=1S/C9H7BrN2O2/c10-5-7-6-3-1-2-4-8(6)12(11-7)9(13)14/h1-4H,5H2,(H,13,14). The van der Waals surface area contributed by atoms with Crippen molar-refractivity contribution in [2.24, 2.45) is 0 Å². The summed E-state index contributed by atoms with van der Waals surface area (Å²) in [4.78, 5) is 10.8. The van der Waals surface area contributed by atoms with Crippen molar-refractivity contribution >= 4 is 32.9 Å². The first-order valence-corrected chi connectivity index (χ1v) is 5.12. The van der Waals surface area contributed by atoms with Crippen LogP contribution in [0.5, 0.6) is 0 Å². The Hall–Kier alpha value is -1.36. The highest BCUT2D eigenvalue weighted by Gasteiger charge is 2.12. The van der Waals surface area contributed by atoms with Gasteiger partial charge in [-0.3, -0.25) is 0 Å². The van der Waals surface area contributed by atoms with Crippen LogP contribution in [0.4, 0.5) is 4.79 Å². The molecule has 0 saturated carbocycles. The molecule has 1 N–H and O–H groups in total. The molecule has 0 radical (unpaired) electrons. The van der Waals surface area contributed by atoms with Crippen molar-refractivity contribution in [1.29, 1.82) is 0 Å². The van der Waals surface area contributed by atoms with E-state index in [1.807, 2.05) is 12.1 Å². The van der Waals surface area contributed by atoms with Gasteiger partial charge in [0.1, 0.15) is 0 Å². The molecule has 0 aliphatic rings. The SMILES string of the molecule is O=C(O)n1nc(CBr)c2ccccc21. The Morgan fingerprint density at radius 3 is 2.86 bits per heavy atom. The summed E-state index contributed by atoms with van der Waals surface area (Å²) in [7, 11) is 0. The largest absolute Gasteiger partial charge is 0.463 e. The summed E-state index contributed by atoms with van der Waals surface area (Å²) in [5, 5.41) is 14.3. The van der Waals surface area contributed by atoms with Gasteiger partial charge in [0.2, 0.25) is 0 Å². The molecule has 1 aromatic heterocycles. The molecule has 2 aromatic rings. The molecular weight excluding hydrogens is 248 g/mol. The Morgan fingerprint density at radius 2 is 2.21 bits per heavy atom. The first-order chi connectivity index (χ1) is 6.74. The van der Waals surface area contributed by atoms with Gasteiger partial charge >= 0.3 is 6.09 Å². The molecule has 0 unspecified atom stereocenters. The zero-order valence-electron chi connectivity index (χ0n) is 7.14. The minimum atomic E-state index is -1.06. The number of benzene rings is 1. The van der Waals surface area contributed by atoms with E-state index in [0.717, 1.165) is 15.8 Å². The predicted molar refractivity (Wildman–Crippen MR) is 55.8 cm³/mol. The molecule has 72 valence electrons. The fourth-order valence-corrected chi connectivity index (χ4v) is 1.79. The summed E-state index contributed by atoms with van der Waals surface area (Å²) in [6, 6.07) is 7.25. The minimum absolute atomic E-state index is 0.549. The Morgan fingerprint density at radius 1 is 1.50 bits per heavy atom. The van der Waals surface area contributed by atoms with Crippen LogP contribution in [0.3, 0.4) is 0 Å². The van der Waals surface area contributed by atoms with E-state index in [2.05, 4.69) is 21.0 Å². The Bertz CT molecular complexity index is 493. The van der Waals surface area contributed by atoms with Gasteiger partial charge in [-0.25, -0.2) is 4.79 Å². The number of halogens is 1. The van der Waals surface area contributed by atoms with E-state index >= 15 is 0 Å². The maximum Gasteiger partial charge on any atom is 0.432 e. The summed E-state index contributed by atoms with van der Waals surface area (Å²) in [6.45, 7) is 0. The fourth-order valence-electron chi connectivity index (χ4n) is 1.38. The van der Waals surface area contributed by atoms with Gasteiger partial charge in [0.25, 0.3) is 0 Å². The van der Waals surface area contributed by atoms with E-state index in [0.29, 0.717) is 10.8 Å². The summed E-state index contributed by atoms with van der Waals surface area (Å²) in [6.07, 6.45) is -1.06. The summed E-state index contributed by atoms with van der Waals surface area (Å²) < 4.78 is 0.992. The van der Waals surface area contributed by atoms with Gasteiger partial charge in [-0.2, -0.15) is 9.78 Å². The number of aromatic nitrogens is 2. The number of hydrogen-bond acceptors (Lipinski definition) is 2. The van der Waals surface area contributed by atoms with Crippen LogP contribution in [-0.4, -0.2) is 21.0 Å². The second-order valence-electron chi connectivity index (χ2n) is 2.79. The van der Waals surface area contributed by atoms with Gasteiger partial charge in [-0.05, 0) is 6.07 Å². The van der Waals surface area contributed by atoms with Crippen LogP contribution in [0.2, 0.25) is 0 Å². The van der Waals surface area contributed by atoms with Crippen LogP contribution in [0.15, 0.2) is 24.3 Å². The van der Waals surface area contributed by atoms with Gasteiger partial charge in [-0.15, -0.1) is 0 Å². The lowest BCUT2D eigenvalue weighted by Crippen LogP contribution is -2.09. The van der Waals surface area contributed by atoms with Crippen LogP contribution in [0, 0.1) is 0 Å². The molecule has 0 bridgehead atoms. The molecule has 1 heterocycles. The smallest absolute Gasteiger partial charge is 0.432 e. The van der Waals surface area contributed by atoms with E-state index in [1.54, 1.807) is 12.1 Å². The topological polar surface area (TPSA) is 55.1 Å². The molecule has 14 heavy (non-hydrogen) atoms. The summed E-state index contributed by atoms with van der Waals surface area (Å²) in [5.74, 6) is 0. The molecule has 0 fully saturated rings. The van der Waals surface area contributed by atoms with Crippen LogP contribution in [-0.2, 0) is 5.33 Å². The van der Waals surface area contributed by atoms with E-state index in [1.165, 1.54) is 0 Å². The molecule has 0 atom stereocenters. The molecule has 0 spiro atoms. The second kappa shape index (κ2) is 3.42. The number of rotatable bonds is 1. The Kier molecular flexibility index (Phi) is 2.25. The number of para-hydroxylation sites is 1. The normalized spacial score (nSPS) is 10.6. The lowest BCUT2D eigenvalue weighted by atomic mass is 10.2. The average Bonchev–Trinajstić information content (AvgIpc) is 2.56. The number of nitrogens with zero attached hydrogens (tertiary/aromatic N) is 2. The van der Waals surface area contributed by atoms with Gasteiger partial charge in [-0.1, -0.05) is 34.1 Å². The highest BCUT2D eigenvalue weighted by atomic mass is 79.9. The maximum atomic E-state index is 10.8. The molecule has 1 aromatic carbocycles. The van der Waals surface area contributed by atoms with Crippen molar-refractivity contribution in [2.45, 2.75) is 5.33 Å². The number of fused-ring (bicyclic) bond motifs is 1. The van der Waals surface area contributed by atoms with Crippen molar-refractivity contribution in [3.05, 3.63) is 30.0 Å². The van der Waals surface area contributed by atoms with Crippen LogP contribution in [0.1, 0.15) is 5.69 Å². The highest BCUT2D eigenvalue weighted by Crippen LogP contribution is 2.19. The quantitative estimate of drug-likeness (QED) is 0.796. The zero-order valence-corrected chi connectivity index (χ0v) is 8.73. The molecule has 0 aliphatic heterocycles. The lowest BCUT2D eigenvalue weighted by Gasteiger charge is -1.92. The Balaban J connectivity index is 2.80. The van der Waals surface area contributed by atoms with Crippen molar-refractivity contribution in [1.82, 2.24) is 9.78 Å². The average molecular weight is 255 g/mol. The van der Waals surface area contributed by atoms with E-state index < -0.39 is 6.09 Å². The van der Waals surface area contributed by atoms with Crippen LogP contribution in [0.25, 0.3) is 10.9 Å². The third kappa shape index (κ3) is 1.29. The first kappa shape index (κ1) is 9.21. The fraction of sp³-hybridized carbons (Fsp3) is 0.111. The molecule has 0 saturated heterocycles. The zero-order chi connectivity index (χ0) is 10.1.